The molecule has 2 nitrogen and oxygen atoms in total. The highest BCUT2D eigenvalue weighted by molar-refractivity contribution is 14.2. The topological polar surface area (TPSA) is 34.1 Å². The molecule has 0 amide bonds. The number of hydrogen-bond donors (Lipinski definition) is 0. The molecule has 0 aliphatic rings. The molecule has 0 aliphatic heterocycles. The predicted molar refractivity (Wildman–Crippen MR) is 45.3 cm³/mol. The largest absolute Gasteiger partial charge is 0.340 e. The van der Waals surface area contributed by atoms with Gasteiger partial charge in [0.2, 0.25) is 0 Å². The monoisotopic (exact) mass is 250 g/mol. The first kappa shape index (κ1) is 7.65. The number of benzene rings is 1. The van der Waals surface area contributed by atoms with Gasteiger partial charge in [0.1, 0.15) is 0 Å². The van der Waals surface area contributed by atoms with Gasteiger partial charge in [-0.1, -0.05) is 12.1 Å². The maximum Gasteiger partial charge on any atom is 0.340 e. The van der Waals surface area contributed by atoms with E-state index < -0.39 is 19.8 Å². The van der Waals surface area contributed by atoms with Gasteiger partial charge in [0.05, 0.1) is 3.57 Å². The third kappa shape index (κ3) is 1.76. The second-order valence-electron chi connectivity index (χ2n) is 2.02. The molecule has 0 radical (unpaired) electrons. The van der Waals surface area contributed by atoms with Gasteiger partial charge in [-0.15, -0.1) is 0 Å². The van der Waals surface area contributed by atoms with Gasteiger partial charge in [-0.05, 0) is 24.6 Å². The van der Waals surface area contributed by atoms with E-state index in [4.69, 9.17) is 0 Å². The minimum absolute atomic E-state index is 0.476. The fourth-order valence-electron chi connectivity index (χ4n) is 0.702. The summed E-state index contributed by atoms with van der Waals surface area (Å²) in [5.74, 6) is 0. The van der Waals surface area contributed by atoms with Crippen molar-refractivity contribution < 1.29 is 6.14 Å². The van der Waals surface area contributed by atoms with Crippen LogP contribution in [-0.4, -0.2) is 0 Å². The number of hydrogen-bond acceptors (Lipinski definition) is 2. The van der Waals surface area contributed by atoms with Crippen LogP contribution in [0.2, 0.25) is 0 Å². The Kier molecular flexibility index (Phi) is 2.37. The normalized spacial score (nSPS) is 10.2. The average Bonchev–Trinajstić information content (AvgIpc) is 1.88. The molecule has 0 atom stereocenters. The average molecular weight is 250 g/mol. The van der Waals surface area contributed by atoms with E-state index in [9.17, 15) is 6.14 Å². The summed E-state index contributed by atoms with van der Waals surface area (Å²) >= 11 is -3.21. The molecule has 54 valence electrons. The second-order valence-corrected chi connectivity index (χ2v) is 4.50. The zero-order chi connectivity index (χ0) is 7.56. The molecular weight excluding hydrogens is 243 g/mol. The van der Waals surface area contributed by atoms with Gasteiger partial charge in [-0.2, -0.15) is 0 Å². The van der Waals surface area contributed by atoms with E-state index in [0.29, 0.717) is 3.57 Å². The zero-order valence-corrected chi connectivity index (χ0v) is 7.66. The van der Waals surface area contributed by atoms with Crippen molar-refractivity contribution in [2.45, 2.75) is 6.92 Å². The summed E-state index contributed by atoms with van der Waals surface area (Å²) in [6, 6.07) is 6.94. The van der Waals surface area contributed by atoms with Crippen LogP contribution in [0.5, 0.6) is 0 Å². The molecule has 0 spiro atoms. The van der Waals surface area contributed by atoms with Crippen LogP contribution in [0.3, 0.4) is 0 Å². The van der Waals surface area contributed by atoms with E-state index in [2.05, 4.69) is 0 Å². The molecule has 0 aliphatic carbocycles. The summed E-state index contributed by atoms with van der Waals surface area (Å²) < 4.78 is 21.4. The van der Waals surface area contributed by atoms with Crippen molar-refractivity contribution in [1.29, 1.82) is 0 Å². The Morgan fingerprint density at radius 1 is 1.30 bits per heavy atom. The number of halogens is 1. The number of rotatable bonds is 1. The Labute approximate surface area is 66.4 Å². The molecule has 1 aromatic carbocycles. The summed E-state index contributed by atoms with van der Waals surface area (Å²) in [6.07, 6.45) is 0. The van der Waals surface area contributed by atoms with Gasteiger partial charge in [-0.3, -0.25) is 0 Å². The molecule has 0 saturated carbocycles. The molecule has 0 aromatic heterocycles. The highest BCUT2D eigenvalue weighted by Gasteiger charge is 1.95. The molecule has 1 aromatic rings. The van der Waals surface area contributed by atoms with Crippen molar-refractivity contribution >= 4 is 19.8 Å². The lowest BCUT2D eigenvalue weighted by molar-refractivity contribution is 0.610. The highest BCUT2D eigenvalue weighted by atomic mass is 127. The molecule has 0 unspecified atom stereocenters. The number of aryl methyl sites for hydroxylation is 1. The van der Waals surface area contributed by atoms with Crippen molar-refractivity contribution in [3.8, 4) is 0 Å². The summed E-state index contributed by atoms with van der Waals surface area (Å²) in [5.41, 5.74) is 0.992. The van der Waals surface area contributed by atoms with Crippen molar-refractivity contribution in [3.05, 3.63) is 33.4 Å². The smallest absolute Gasteiger partial charge is 0.230 e. The van der Waals surface area contributed by atoms with Gasteiger partial charge in [0.25, 0.3) is 0 Å². The molecule has 0 saturated heterocycles. The van der Waals surface area contributed by atoms with Gasteiger partial charge in [-0.25, -0.2) is 6.14 Å². The molecule has 10 heavy (non-hydrogen) atoms. The van der Waals surface area contributed by atoms with Crippen LogP contribution in [0, 0.1) is 10.5 Å². The van der Waals surface area contributed by atoms with Gasteiger partial charge in [0.15, 0.2) is 0 Å². The SMILES string of the molecule is Cc1cccc(I(=O)=O)c1. The van der Waals surface area contributed by atoms with Gasteiger partial charge in [0, 0.05) is 0 Å². The molecule has 0 heterocycles. The summed E-state index contributed by atoms with van der Waals surface area (Å²) in [4.78, 5) is 0. The van der Waals surface area contributed by atoms with Crippen LogP contribution in [0.1, 0.15) is 5.56 Å². The third-order valence-electron chi connectivity index (χ3n) is 1.16. The lowest BCUT2D eigenvalue weighted by atomic mass is 10.2. The third-order valence-corrected chi connectivity index (χ3v) is 2.85. The quantitative estimate of drug-likeness (QED) is 0.717. The van der Waals surface area contributed by atoms with Crippen molar-refractivity contribution in [3.63, 3.8) is 0 Å². The Morgan fingerprint density at radius 2 is 2.00 bits per heavy atom. The van der Waals surface area contributed by atoms with E-state index in [1.54, 1.807) is 18.2 Å². The molecule has 1 rings (SSSR count). The molecule has 3 heteroatoms. The van der Waals surface area contributed by atoms with Crippen LogP contribution in [0.15, 0.2) is 24.3 Å². The summed E-state index contributed by atoms with van der Waals surface area (Å²) in [7, 11) is 0. The maximum atomic E-state index is 10.5. The standard InChI is InChI=1S/C7H7IO2/c1-6-3-2-4-7(5-6)8(9)10/h2-5H,1H3. The Bertz CT molecular complexity index is 294. The first-order chi connectivity index (χ1) is 4.70. The van der Waals surface area contributed by atoms with Crippen molar-refractivity contribution in [2.75, 3.05) is 0 Å². The van der Waals surface area contributed by atoms with E-state index in [1.165, 1.54) is 0 Å². The van der Waals surface area contributed by atoms with E-state index in [1.807, 2.05) is 13.0 Å². The van der Waals surface area contributed by atoms with E-state index in [-0.39, 0.29) is 0 Å². The maximum absolute atomic E-state index is 10.5. The van der Waals surface area contributed by atoms with Gasteiger partial charge >= 0.3 is 19.8 Å². The van der Waals surface area contributed by atoms with Crippen LogP contribution in [0.4, 0.5) is 0 Å². The zero-order valence-electron chi connectivity index (χ0n) is 5.50. The lowest BCUT2D eigenvalue weighted by Gasteiger charge is -1.89. The molecular formula is C7H7IO2. The van der Waals surface area contributed by atoms with Crippen molar-refractivity contribution in [2.24, 2.45) is 0 Å². The van der Waals surface area contributed by atoms with Crippen molar-refractivity contribution in [1.82, 2.24) is 0 Å². The van der Waals surface area contributed by atoms with Crippen LogP contribution >= 0.6 is 19.8 Å². The Morgan fingerprint density at radius 3 is 2.40 bits per heavy atom. The van der Waals surface area contributed by atoms with Gasteiger partial charge < -0.3 is 0 Å². The summed E-state index contributed by atoms with van der Waals surface area (Å²) in [6.45, 7) is 1.88. The van der Waals surface area contributed by atoms with Crippen LogP contribution < -0.4 is 0 Å². The first-order valence-corrected chi connectivity index (χ1v) is 5.66. The fraction of sp³-hybridized carbons (Fsp3) is 0.143. The van der Waals surface area contributed by atoms with E-state index >= 15 is 0 Å². The lowest BCUT2D eigenvalue weighted by Crippen LogP contribution is -1.73. The summed E-state index contributed by atoms with van der Waals surface area (Å²) in [5, 5.41) is 0. The molecule has 0 fully saturated rings. The Hall–Kier alpha value is -0.450. The first-order valence-electron chi connectivity index (χ1n) is 2.82. The minimum atomic E-state index is -3.21. The van der Waals surface area contributed by atoms with Crippen LogP contribution in [-0.2, 0) is 6.14 Å². The van der Waals surface area contributed by atoms with Crippen LogP contribution in [0.25, 0.3) is 0 Å². The molecule has 0 bridgehead atoms. The van der Waals surface area contributed by atoms with E-state index in [0.717, 1.165) is 5.56 Å². The highest BCUT2D eigenvalue weighted by Crippen LogP contribution is 2.17. The predicted octanol–water partition coefficient (Wildman–Crippen LogP) is 2.36. The Balaban J connectivity index is 3.19. The second kappa shape index (κ2) is 3.09. The minimum Gasteiger partial charge on any atom is -0.230 e. The molecule has 0 N–H and O–H groups in total. The fourth-order valence-corrected chi connectivity index (χ4v) is 1.95.